The van der Waals surface area contributed by atoms with Crippen LogP contribution in [0.25, 0.3) is 0 Å². The molecule has 6 N–H and O–H groups in total. The monoisotopic (exact) mass is 676 g/mol. The van der Waals surface area contributed by atoms with Crippen LogP contribution < -0.4 is 21.3 Å². The number of amides is 4. The van der Waals surface area contributed by atoms with E-state index in [0.29, 0.717) is 22.6 Å². The number of halogens is 5. The summed E-state index contributed by atoms with van der Waals surface area (Å²) in [6.45, 7) is 3.39. The van der Waals surface area contributed by atoms with Crippen molar-refractivity contribution in [2.24, 2.45) is 0 Å². The van der Waals surface area contributed by atoms with Crippen LogP contribution in [0.1, 0.15) is 31.2 Å². The molecule has 17 heteroatoms. The van der Waals surface area contributed by atoms with Gasteiger partial charge >= 0.3 is 12.1 Å². The van der Waals surface area contributed by atoms with Gasteiger partial charge < -0.3 is 26.4 Å². The standard InChI is InChI=1S/C27H20Cl2N6O4.C2HF3O2/c1-2-22(36)31-16-11-9-15(10-12-16)25(37)32-17-5-3-6-18(13-17)33-27(39)24-21(14-30-35-24)34-26(38)23-19(28)7-4-8-20(23)29;3-2(4,5)1(6)7/h2-14H,1H2,(H,30,35)(H,31,36)(H,32,37)(H,33,39)(H,34,38);(H,6,7). The molecular weight excluding hydrogens is 656 g/mol. The number of carboxylic acids is 1. The number of nitrogens with one attached hydrogen (secondary N) is 5. The highest BCUT2D eigenvalue weighted by Crippen LogP contribution is 2.26. The maximum atomic E-state index is 12.9. The third kappa shape index (κ3) is 9.67. The Balaban J connectivity index is 0.000000738. The average molecular weight is 677 g/mol. The minimum Gasteiger partial charge on any atom is -0.475 e. The predicted octanol–water partition coefficient (Wildman–Crippen LogP) is 6.23. The second-order valence-corrected chi connectivity index (χ2v) is 9.59. The second-order valence-electron chi connectivity index (χ2n) is 8.77. The minimum absolute atomic E-state index is 0.00963. The number of aromatic amines is 1. The van der Waals surface area contributed by atoms with Crippen molar-refractivity contribution in [1.82, 2.24) is 10.2 Å². The second kappa shape index (κ2) is 15.4. The van der Waals surface area contributed by atoms with Crippen LogP contribution in [0.2, 0.25) is 10.0 Å². The summed E-state index contributed by atoms with van der Waals surface area (Å²) in [6, 6.07) is 17.4. The zero-order chi connectivity index (χ0) is 34.0. The van der Waals surface area contributed by atoms with Crippen molar-refractivity contribution in [3.63, 3.8) is 0 Å². The van der Waals surface area contributed by atoms with E-state index in [1.807, 2.05) is 0 Å². The van der Waals surface area contributed by atoms with Crippen LogP contribution in [-0.4, -0.2) is 51.1 Å². The first-order valence-corrected chi connectivity index (χ1v) is 13.3. The maximum absolute atomic E-state index is 12.9. The molecule has 0 radical (unpaired) electrons. The van der Waals surface area contributed by atoms with Crippen molar-refractivity contribution in [3.05, 3.63) is 112 Å². The highest BCUT2D eigenvalue weighted by molar-refractivity contribution is 6.40. The number of carbonyl (C=O) groups excluding carboxylic acids is 4. The van der Waals surface area contributed by atoms with Crippen LogP contribution in [0.3, 0.4) is 0 Å². The molecule has 4 aromatic rings. The number of benzene rings is 3. The van der Waals surface area contributed by atoms with E-state index in [9.17, 15) is 32.3 Å². The molecule has 0 fully saturated rings. The fourth-order valence-electron chi connectivity index (χ4n) is 3.42. The van der Waals surface area contributed by atoms with E-state index in [4.69, 9.17) is 33.1 Å². The first-order valence-electron chi connectivity index (χ1n) is 12.5. The van der Waals surface area contributed by atoms with Gasteiger partial charge in [0.1, 0.15) is 5.69 Å². The third-order valence-electron chi connectivity index (χ3n) is 5.53. The first-order chi connectivity index (χ1) is 21.7. The quantitative estimate of drug-likeness (QED) is 0.120. The Bertz CT molecular complexity index is 1770. The molecule has 4 rings (SSSR count). The van der Waals surface area contributed by atoms with Gasteiger partial charge in [-0.1, -0.05) is 41.9 Å². The van der Waals surface area contributed by atoms with Gasteiger partial charge in [-0.2, -0.15) is 18.3 Å². The van der Waals surface area contributed by atoms with E-state index in [0.717, 1.165) is 6.08 Å². The van der Waals surface area contributed by atoms with Crippen LogP contribution in [0.5, 0.6) is 0 Å². The topological polar surface area (TPSA) is 182 Å². The molecule has 12 nitrogen and oxygen atoms in total. The number of H-pyrrole nitrogens is 1. The molecule has 0 saturated carbocycles. The SMILES string of the molecule is C=CC(=O)Nc1ccc(C(=O)Nc2cccc(NC(=O)c3[nH]ncc3NC(=O)c3c(Cl)cccc3Cl)c2)cc1.O=C(O)C(F)(F)F. The summed E-state index contributed by atoms with van der Waals surface area (Å²) in [5.41, 5.74) is 1.85. The van der Waals surface area contributed by atoms with Crippen LogP contribution in [0.15, 0.2) is 85.6 Å². The van der Waals surface area contributed by atoms with Gasteiger partial charge in [0.25, 0.3) is 17.7 Å². The Labute approximate surface area is 267 Å². The predicted molar refractivity (Wildman–Crippen MR) is 164 cm³/mol. The van der Waals surface area contributed by atoms with Crippen LogP contribution in [0, 0.1) is 0 Å². The molecule has 0 bridgehead atoms. The number of carboxylic acid groups (broad SMARTS) is 1. The number of aromatic nitrogens is 2. The molecule has 1 heterocycles. The molecule has 4 amide bonds. The first kappa shape index (κ1) is 34.8. The zero-order valence-corrected chi connectivity index (χ0v) is 24.6. The van der Waals surface area contributed by atoms with Gasteiger partial charge in [-0.15, -0.1) is 0 Å². The lowest BCUT2D eigenvalue weighted by Gasteiger charge is -2.11. The van der Waals surface area contributed by atoms with Gasteiger partial charge in [0.15, 0.2) is 0 Å². The summed E-state index contributed by atoms with van der Waals surface area (Å²) >= 11 is 12.2. The molecule has 1 aromatic heterocycles. The van der Waals surface area contributed by atoms with Gasteiger partial charge in [0.2, 0.25) is 5.91 Å². The Morgan fingerprint density at radius 1 is 0.783 bits per heavy atom. The van der Waals surface area contributed by atoms with Crippen LogP contribution in [0.4, 0.5) is 35.9 Å². The number of alkyl halides is 3. The molecule has 0 aliphatic carbocycles. The Morgan fingerprint density at radius 2 is 1.33 bits per heavy atom. The summed E-state index contributed by atoms with van der Waals surface area (Å²) in [4.78, 5) is 58.6. The fraction of sp³-hybridized carbons (Fsp3) is 0.0345. The minimum atomic E-state index is -5.08. The Hall–Kier alpha value is -5.67. The number of aliphatic carboxylic acids is 1. The molecular formula is C29H21Cl2F3N6O6. The van der Waals surface area contributed by atoms with Gasteiger partial charge in [0, 0.05) is 22.6 Å². The number of nitrogens with zero attached hydrogens (tertiary/aromatic N) is 1. The van der Waals surface area contributed by atoms with Crippen molar-refractivity contribution in [2.45, 2.75) is 6.18 Å². The average Bonchev–Trinajstić information content (AvgIpc) is 3.45. The summed E-state index contributed by atoms with van der Waals surface area (Å²) < 4.78 is 31.7. The molecule has 0 saturated heterocycles. The van der Waals surface area contributed by atoms with Gasteiger partial charge in [-0.05, 0) is 60.7 Å². The summed E-state index contributed by atoms with van der Waals surface area (Å²) in [5, 5.41) is 24.5. The molecule has 0 unspecified atom stereocenters. The van der Waals surface area contributed by atoms with E-state index < -0.39 is 29.9 Å². The third-order valence-corrected chi connectivity index (χ3v) is 6.16. The van der Waals surface area contributed by atoms with Gasteiger partial charge in [-0.25, -0.2) is 4.79 Å². The van der Waals surface area contributed by atoms with Crippen molar-refractivity contribution in [1.29, 1.82) is 0 Å². The molecule has 0 atom stereocenters. The van der Waals surface area contributed by atoms with Crippen molar-refractivity contribution in [3.8, 4) is 0 Å². The Kier molecular flexibility index (Phi) is 11.6. The molecule has 238 valence electrons. The number of carbonyl (C=O) groups is 5. The van der Waals surface area contributed by atoms with E-state index >= 15 is 0 Å². The van der Waals surface area contributed by atoms with Crippen molar-refractivity contribution < 1.29 is 42.3 Å². The van der Waals surface area contributed by atoms with E-state index in [-0.39, 0.29) is 32.9 Å². The van der Waals surface area contributed by atoms with E-state index in [2.05, 4.69) is 38.0 Å². The molecule has 46 heavy (non-hydrogen) atoms. The lowest BCUT2D eigenvalue weighted by atomic mass is 10.2. The Morgan fingerprint density at radius 3 is 1.87 bits per heavy atom. The highest BCUT2D eigenvalue weighted by atomic mass is 35.5. The normalized spacial score (nSPS) is 10.5. The molecule has 0 aliphatic heterocycles. The van der Waals surface area contributed by atoms with E-state index in [1.54, 1.807) is 54.6 Å². The lowest BCUT2D eigenvalue weighted by Crippen LogP contribution is -2.21. The molecule has 3 aromatic carbocycles. The largest absolute Gasteiger partial charge is 0.490 e. The molecule has 0 aliphatic rings. The fourth-order valence-corrected chi connectivity index (χ4v) is 3.99. The van der Waals surface area contributed by atoms with Crippen LogP contribution in [-0.2, 0) is 9.59 Å². The number of anilines is 4. The van der Waals surface area contributed by atoms with Crippen molar-refractivity contribution in [2.75, 3.05) is 21.3 Å². The maximum Gasteiger partial charge on any atom is 0.490 e. The summed E-state index contributed by atoms with van der Waals surface area (Å²) in [6.07, 6.45) is -2.66. The zero-order valence-electron chi connectivity index (χ0n) is 23.0. The number of hydrogen-bond acceptors (Lipinski definition) is 6. The summed E-state index contributed by atoms with van der Waals surface area (Å²) in [7, 11) is 0. The smallest absolute Gasteiger partial charge is 0.475 e. The van der Waals surface area contributed by atoms with Crippen molar-refractivity contribution >= 4 is 75.5 Å². The number of rotatable bonds is 8. The van der Waals surface area contributed by atoms with Gasteiger partial charge in [-0.3, -0.25) is 24.3 Å². The highest BCUT2D eigenvalue weighted by Gasteiger charge is 2.38. The van der Waals surface area contributed by atoms with E-state index in [1.165, 1.54) is 18.3 Å². The molecule has 0 spiro atoms. The lowest BCUT2D eigenvalue weighted by molar-refractivity contribution is -0.192. The van der Waals surface area contributed by atoms with Gasteiger partial charge in [0.05, 0.1) is 27.5 Å². The van der Waals surface area contributed by atoms with Crippen LogP contribution >= 0.6 is 23.2 Å². The number of hydrogen-bond donors (Lipinski definition) is 6. The summed E-state index contributed by atoms with van der Waals surface area (Å²) in [5.74, 6) is -4.71.